The van der Waals surface area contributed by atoms with E-state index in [1.54, 1.807) is 16.7 Å². The Morgan fingerprint density at radius 2 is 2.03 bits per heavy atom. The third kappa shape index (κ3) is 5.81. The van der Waals surface area contributed by atoms with E-state index in [9.17, 15) is 0 Å². The Kier molecular flexibility index (Phi) is 8.99. The number of allylic oxidation sites excluding steroid dienone is 3. The second-order valence-corrected chi connectivity index (χ2v) is 12.5. The number of fused-ring (bicyclic) bond motifs is 1. The van der Waals surface area contributed by atoms with Crippen LogP contribution in [-0.4, -0.2) is 40.6 Å². The lowest BCUT2D eigenvalue weighted by atomic mass is 9.80. The number of hydrogen-bond donors (Lipinski definition) is 1. The first-order valence-corrected chi connectivity index (χ1v) is 14.9. The van der Waals surface area contributed by atoms with Crippen LogP contribution in [0, 0.1) is 6.92 Å². The summed E-state index contributed by atoms with van der Waals surface area (Å²) < 4.78 is 0. The predicted octanol–water partition coefficient (Wildman–Crippen LogP) is 8.01. The fourth-order valence-corrected chi connectivity index (χ4v) is 7.97. The molecule has 0 aromatic heterocycles. The minimum Gasteiger partial charge on any atom is -0.329 e. The summed E-state index contributed by atoms with van der Waals surface area (Å²) in [5, 5.41) is 0.642. The van der Waals surface area contributed by atoms with Crippen LogP contribution in [0.15, 0.2) is 59.3 Å². The summed E-state index contributed by atoms with van der Waals surface area (Å²) in [5.41, 5.74) is 10.1. The number of nitrogens with zero attached hydrogens (tertiary/aromatic N) is 2. The van der Waals surface area contributed by atoms with Gasteiger partial charge in [-0.3, -0.25) is 0 Å². The van der Waals surface area contributed by atoms with Gasteiger partial charge in [0, 0.05) is 29.6 Å². The largest absolute Gasteiger partial charge is 0.329 e. The Bertz CT molecular complexity index is 1020. The van der Waals surface area contributed by atoms with Crippen molar-refractivity contribution in [3.05, 3.63) is 81.6 Å². The van der Waals surface area contributed by atoms with Gasteiger partial charge >= 0.3 is 0 Å². The van der Waals surface area contributed by atoms with Crippen LogP contribution in [0.1, 0.15) is 80.5 Å². The summed E-state index contributed by atoms with van der Waals surface area (Å²) in [5.74, 6) is 0.580. The zero-order valence-electron chi connectivity index (χ0n) is 22.3. The van der Waals surface area contributed by atoms with Gasteiger partial charge in [0.05, 0.1) is 10.9 Å². The van der Waals surface area contributed by atoms with Crippen LogP contribution < -0.4 is 0 Å². The third-order valence-electron chi connectivity index (χ3n) is 7.90. The SMILES string of the molecule is C=CC1=C(CN(C)CCc2cc(CCCCC)cc(C)c2C2C=C(C)CCC2)SC2C(S)C(=C)N12. The highest BCUT2D eigenvalue weighted by Gasteiger charge is 2.47. The van der Waals surface area contributed by atoms with Crippen LogP contribution in [0.2, 0.25) is 0 Å². The number of likely N-dealkylation sites (N-methyl/N-ethyl adjacent to an activating group) is 1. The van der Waals surface area contributed by atoms with Gasteiger partial charge in [0.2, 0.25) is 0 Å². The molecular weight excluding hydrogens is 464 g/mol. The standard InChI is InChI=1S/C31H44N2S2/c1-7-9-10-13-24-18-22(4)29(25-14-11-12-21(3)17-25)26(19-24)15-16-32(6)20-28-27(8-2)33-23(5)30(34)31(33)35-28/h8,17-19,25,30-31,34H,2,5,7,9-16,20H2,1,3-4,6H3. The molecule has 0 bridgehead atoms. The van der Waals surface area contributed by atoms with E-state index in [-0.39, 0.29) is 5.25 Å². The Morgan fingerprint density at radius 3 is 2.74 bits per heavy atom. The topological polar surface area (TPSA) is 6.48 Å². The first kappa shape index (κ1) is 26.7. The fraction of sp³-hybridized carbons (Fsp3) is 0.548. The number of benzene rings is 1. The lowest BCUT2D eigenvalue weighted by Crippen LogP contribution is -2.49. The van der Waals surface area contributed by atoms with E-state index in [1.165, 1.54) is 66.7 Å². The smallest absolute Gasteiger partial charge is 0.101 e. The van der Waals surface area contributed by atoms with E-state index in [2.05, 4.69) is 69.0 Å². The molecular formula is C31H44N2S2. The van der Waals surface area contributed by atoms with Gasteiger partial charge in [-0.25, -0.2) is 0 Å². The van der Waals surface area contributed by atoms with Crippen molar-refractivity contribution in [1.82, 2.24) is 9.80 Å². The number of hydrogen-bond acceptors (Lipinski definition) is 4. The molecule has 3 atom stereocenters. The van der Waals surface area contributed by atoms with Gasteiger partial charge in [-0.1, -0.05) is 56.7 Å². The fourth-order valence-electron chi connectivity index (χ4n) is 6.00. The van der Waals surface area contributed by atoms with Gasteiger partial charge in [0.15, 0.2) is 0 Å². The molecule has 35 heavy (non-hydrogen) atoms. The maximum atomic E-state index is 4.73. The van der Waals surface area contributed by atoms with E-state index in [0.29, 0.717) is 11.3 Å². The lowest BCUT2D eigenvalue weighted by Gasteiger charge is -2.45. The molecule has 0 amide bonds. The van der Waals surface area contributed by atoms with Crippen molar-refractivity contribution in [3.8, 4) is 0 Å². The minimum absolute atomic E-state index is 0.255. The van der Waals surface area contributed by atoms with Crippen molar-refractivity contribution in [3.63, 3.8) is 0 Å². The molecule has 190 valence electrons. The van der Waals surface area contributed by atoms with Gasteiger partial charge in [0.25, 0.3) is 0 Å². The summed E-state index contributed by atoms with van der Waals surface area (Å²) in [7, 11) is 2.26. The third-order valence-corrected chi connectivity index (χ3v) is 10.0. The lowest BCUT2D eigenvalue weighted by molar-refractivity contribution is 0.317. The van der Waals surface area contributed by atoms with E-state index < -0.39 is 0 Å². The van der Waals surface area contributed by atoms with Crippen LogP contribution in [0.5, 0.6) is 0 Å². The van der Waals surface area contributed by atoms with Gasteiger partial charge in [-0.05, 0) is 87.7 Å². The van der Waals surface area contributed by atoms with Crippen molar-refractivity contribution in [2.75, 3.05) is 20.1 Å². The Morgan fingerprint density at radius 1 is 1.23 bits per heavy atom. The first-order chi connectivity index (χ1) is 16.8. The highest BCUT2D eigenvalue weighted by atomic mass is 32.2. The molecule has 0 saturated carbocycles. The Balaban J connectivity index is 1.50. The van der Waals surface area contributed by atoms with Crippen LogP contribution in [0.25, 0.3) is 0 Å². The molecule has 0 spiro atoms. The van der Waals surface area contributed by atoms with Gasteiger partial charge in [0.1, 0.15) is 5.37 Å². The van der Waals surface area contributed by atoms with Crippen molar-refractivity contribution < 1.29 is 0 Å². The Hall–Kier alpha value is -1.36. The van der Waals surface area contributed by atoms with Crippen molar-refractivity contribution >= 4 is 24.4 Å². The Labute approximate surface area is 224 Å². The summed E-state index contributed by atoms with van der Waals surface area (Å²) >= 11 is 6.67. The summed E-state index contributed by atoms with van der Waals surface area (Å²) in [6.07, 6.45) is 14.6. The number of rotatable bonds is 11. The molecule has 2 aliphatic heterocycles. The number of unbranched alkanes of at least 4 members (excludes halogenated alkanes) is 2. The molecule has 1 aromatic carbocycles. The number of thiol groups is 1. The number of thioether (sulfide) groups is 1. The zero-order valence-corrected chi connectivity index (χ0v) is 24.0. The highest BCUT2D eigenvalue weighted by Crippen LogP contribution is 2.52. The van der Waals surface area contributed by atoms with Crippen LogP contribution >= 0.6 is 24.4 Å². The average Bonchev–Trinajstić information content (AvgIpc) is 3.17. The molecule has 1 aliphatic carbocycles. The second-order valence-electron chi connectivity index (χ2n) is 10.8. The minimum atomic E-state index is 0.255. The predicted molar refractivity (Wildman–Crippen MR) is 158 cm³/mol. The monoisotopic (exact) mass is 508 g/mol. The molecule has 1 fully saturated rings. The van der Waals surface area contributed by atoms with E-state index in [0.717, 1.165) is 25.2 Å². The maximum absolute atomic E-state index is 4.73. The van der Waals surface area contributed by atoms with E-state index >= 15 is 0 Å². The van der Waals surface area contributed by atoms with Crippen molar-refractivity contribution in [2.45, 2.75) is 88.7 Å². The molecule has 3 aliphatic rings. The van der Waals surface area contributed by atoms with Gasteiger partial charge in [-0.2, -0.15) is 12.6 Å². The first-order valence-electron chi connectivity index (χ1n) is 13.5. The number of aryl methyl sites for hydroxylation is 2. The maximum Gasteiger partial charge on any atom is 0.101 e. The molecule has 2 heterocycles. The highest BCUT2D eigenvalue weighted by molar-refractivity contribution is 8.04. The summed E-state index contributed by atoms with van der Waals surface area (Å²) in [6, 6.07) is 5.03. The van der Waals surface area contributed by atoms with Gasteiger partial charge < -0.3 is 9.80 Å². The summed E-state index contributed by atoms with van der Waals surface area (Å²) in [4.78, 5) is 6.21. The molecule has 0 N–H and O–H groups in total. The van der Waals surface area contributed by atoms with Crippen molar-refractivity contribution in [2.24, 2.45) is 0 Å². The zero-order chi connectivity index (χ0) is 25.1. The molecule has 2 nitrogen and oxygen atoms in total. The van der Waals surface area contributed by atoms with Crippen LogP contribution in [0.3, 0.4) is 0 Å². The van der Waals surface area contributed by atoms with E-state index in [1.807, 2.05) is 17.8 Å². The van der Waals surface area contributed by atoms with Crippen LogP contribution in [0.4, 0.5) is 0 Å². The molecule has 3 unspecified atom stereocenters. The average molecular weight is 509 g/mol. The summed E-state index contributed by atoms with van der Waals surface area (Å²) in [6.45, 7) is 17.3. The van der Waals surface area contributed by atoms with Gasteiger partial charge in [-0.15, -0.1) is 11.8 Å². The molecule has 4 rings (SSSR count). The molecule has 1 saturated heterocycles. The van der Waals surface area contributed by atoms with Crippen molar-refractivity contribution in [1.29, 1.82) is 0 Å². The van der Waals surface area contributed by atoms with E-state index in [4.69, 9.17) is 12.6 Å². The van der Waals surface area contributed by atoms with Crippen LogP contribution in [-0.2, 0) is 12.8 Å². The quantitative estimate of drug-likeness (QED) is 0.184. The molecule has 1 aromatic rings. The molecule has 4 heteroatoms. The molecule has 0 radical (unpaired) electrons. The normalized spacial score (nSPS) is 24.1. The second kappa shape index (κ2) is 11.8.